The summed E-state index contributed by atoms with van der Waals surface area (Å²) in [6.07, 6.45) is 2.69. The van der Waals surface area contributed by atoms with Gasteiger partial charge in [0.15, 0.2) is 0 Å². The van der Waals surface area contributed by atoms with Gasteiger partial charge in [0.1, 0.15) is 11.7 Å². The van der Waals surface area contributed by atoms with Gasteiger partial charge in [-0.25, -0.2) is 0 Å². The number of aromatic amines is 1. The van der Waals surface area contributed by atoms with Crippen molar-refractivity contribution in [2.24, 2.45) is 0 Å². The Morgan fingerprint density at radius 2 is 2.05 bits per heavy atom. The summed E-state index contributed by atoms with van der Waals surface area (Å²) < 4.78 is 5.79. The summed E-state index contributed by atoms with van der Waals surface area (Å²) in [5.74, 6) is 1.00. The molecule has 0 aliphatic rings. The maximum Gasteiger partial charge on any atom is 0.265 e. The molecule has 0 saturated heterocycles. The van der Waals surface area contributed by atoms with Gasteiger partial charge in [-0.3, -0.25) is 5.10 Å². The Labute approximate surface area is 122 Å². The predicted octanol–water partition coefficient (Wildman–Crippen LogP) is 2.55. The molecule has 6 heteroatoms. The van der Waals surface area contributed by atoms with Crippen LogP contribution in [-0.2, 0) is 0 Å². The van der Waals surface area contributed by atoms with Crippen molar-refractivity contribution in [1.29, 1.82) is 0 Å². The largest absolute Gasteiger partial charge is 0.417 e. The molecule has 0 bridgehead atoms. The number of benzene rings is 1. The molecule has 21 heavy (non-hydrogen) atoms. The van der Waals surface area contributed by atoms with Gasteiger partial charge in [0.05, 0.1) is 0 Å². The van der Waals surface area contributed by atoms with Crippen LogP contribution in [0.15, 0.2) is 47.0 Å². The predicted molar refractivity (Wildman–Crippen MR) is 78.5 cm³/mol. The van der Waals surface area contributed by atoms with Crippen LogP contribution in [0.1, 0.15) is 30.8 Å². The molecular weight excluding hydrogens is 266 g/mol. The fourth-order valence-electron chi connectivity index (χ4n) is 2.12. The molecule has 2 aromatic heterocycles. The van der Waals surface area contributed by atoms with Crippen LogP contribution in [0.25, 0.3) is 11.6 Å². The molecule has 3 rings (SSSR count). The van der Waals surface area contributed by atoms with Crippen LogP contribution < -0.4 is 5.32 Å². The molecule has 0 aliphatic heterocycles. The van der Waals surface area contributed by atoms with Crippen molar-refractivity contribution in [1.82, 2.24) is 25.7 Å². The van der Waals surface area contributed by atoms with Crippen molar-refractivity contribution >= 4 is 0 Å². The number of H-pyrrole nitrogens is 1. The highest BCUT2D eigenvalue weighted by molar-refractivity contribution is 5.44. The lowest BCUT2D eigenvalue weighted by Crippen LogP contribution is -2.23. The SMILES string of the molecule is CCCNC(c1ccccc1)c1nnc(-c2ccn[nH]2)o1. The number of nitrogens with zero attached hydrogens (tertiary/aromatic N) is 3. The summed E-state index contributed by atoms with van der Waals surface area (Å²) >= 11 is 0. The lowest BCUT2D eigenvalue weighted by Gasteiger charge is -2.14. The van der Waals surface area contributed by atoms with E-state index in [0.29, 0.717) is 11.8 Å². The van der Waals surface area contributed by atoms with Gasteiger partial charge in [-0.1, -0.05) is 37.3 Å². The summed E-state index contributed by atoms with van der Waals surface area (Å²) in [7, 11) is 0. The topological polar surface area (TPSA) is 79.6 Å². The second-order valence-corrected chi connectivity index (χ2v) is 4.71. The number of aromatic nitrogens is 4. The van der Waals surface area contributed by atoms with E-state index in [1.165, 1.54) is 0 Å². The van der Waals surface area contributed by atoms with Crippen LogP contribution in [0.2, 0.25) is 0 Å². The molecular formula is C15H17N5O. The monoisotopic (exact) mass is 283 g/mol. The van der Waals surface area contributed by atoms with E-state index in [2.05, 4.69) is 32.6 Å². The Hall–Kier alpha value is -2.47. The van der Waals surface area contributed by atoms with E-state index < -0.39 is 0 Å². The fraction of sp³-hybridized carbons (Fsp3) is 0.267. The van der Waals surface area contributed by atoms with Gasteiger partial charge < -0.3 is 9.73 Å². The van der Waals surface area contributed by atoms with Gasteiger partial charge in [0.25, 0.3) is 5.89 Å². The fourth-order valence-corrected chi connectivity index (χ4v) is 2.12. The van der Waals surface area contributed by atoms with Crippen LogP contribution in [0.4, 0.5) is 0 Å². The lowest BCUT2D eigenvalue weighted by atomic mass is 10.1. The zero-order valence-electron chi connectivity index (χ0n) is 11.8. The Kier molecular flexibility index (Phi) is 4.07. The molecule has 0 saturated carbocycles. The summed E-state index contributed by atoms with van der Waals surface area (Å²) in [5.41, 5.74) is 1.82. The third-order valence-electron chi connectivity index (χ3n) is 3.15. The first kappa shape index (κ1) is 13.5. The first-order valence-electron chi connectivity index (χ1n) is 7.00. The van der Waals surface area contributed by atoms with E-state index in [9.17, 15) is 0 Å². The van der Waals surface area contributed by atoms with E-state index in [4.69, 9.17) is 4.42 Å². The minimum Gasteiger partial charge on any atom is -0.417 e. The standard InChI is InChI=1S/C15H17N5O/c1-2-9-16-13(11-6-4-3-5-7-11)15-20-19-14(21-15)12-8-10-17-18-12/h3-8,10,13,16H,2,9H2,1H3,(H,17,18). The van der Waals surface area contributed by atoms with E-state index in [1.807, 2.05) is 30.3 Å². The molecule has 1 atom stereocenters. The molecule has 3 aromatic rings. The van der Waals surface area contributed by atoms with Crippen LogP contribution in [0.5, 0.6) is 0 Å². The van der Waals surface area contributed by atoms with Gasteiger partial charge in [-0.05, 0) is 24.6 Å². The highest BCUT2D eigenvalue weighted by Gasteiger charge is 2.20. The maximum atomic E-state index is 5.79. The first-order valence-corrected chi connectivity index (χ1v) is 7.00. The number of hydrogen-bond donors (Lipinski definition) is 2. The zero-order valence-corrected chi connectivity index (χ0v) is 11.8. The average molecular weight is 283 g/mol. The second kappa shape index (κ2) is 6.32. The van der Waals surface area contributed by atoms with Gasteiger partial charge in [0, 0.05) is 6.20 Å². The van der Waals surface area contributed by atoms with Crippen LogP contribution in [-0.4, -0.2) is 26.9 Å². The smallest absolute Gasteiger partial charge is 0.265 e. The van der Waals surface area contributed by atoms with Crippen molar-refractivity contribution in [3.63, 3.8) is 0 Å². The third kappa shape index (κ3) is 3.00. The average Bonchev–Trinajstić information content (AvgIpc) is 3.20. The molecule has 0 fully saturated rings. The van der Waals surface area contributed by atoms with Crippen molar-refractivity contribution in [3.8, 4) is 11.6 Å². The van der Waals surface area contributed by atoms with E-state index >= 15 is 0 Å². The second-order valence-electron chi connectivity index (χ2n) is 4.71. The van der Waals surface area contributed by atoms with Gasteiger partial charge in [0.2, 0.25) is 5.89 Å². The number of hydrogen-bond acceptors (Lipinski definition) is 5. The third-order valence-corrected chi connectivity index (χ3v) is 3.15. The van der Waals surface area contributed by atoms with Gasteiger partial charge >= 0.3 is 0 Å². The molecule has 0 radical (unpaired) electrons. The van der Waals surface area contributed by atoms with Crippen molar-refractivity contribution in [3.05, 3.63) is 54.0 Å². The van der Waals surface area contributed by atoms with Crippen LogP contribution in [0.3, 0.4) is 0 Å². The van der Waals surface area contributed by atoms with Crippen molar-refractivity contribution in [2.75, 3.05) is 6.54 Å². The summed E-state index contributed by atoms with van der Waals surface area (Å²) in [6.45, 7) is 3.00. The number of rotatable bonds is 6. The molecule has 1 aromatic carbocycles. The summed E-state index contributed by atoms with van der Waals surface area (Å²) in [4.78, 5) is 0. The Morgan fingerprint density at radius 3 is 2.76 bits per heavy atom. The van der Waals surface area contributed by atoms with E-state index in [0.717, 1.165) is 24.2 Å². The van der Waals surface area contributed by atoms with Crippen LogP contribution in [0, 0.1) is 0 Å². The summed E-state index contributed by atoms with van der Waals surface area (Å²) in [6, 6.07) is 11.8. The van der Waals surface area contributed by atoms with Crippen LogP contribution >= 0.6 is 0 Å². The quantitative estimate of drug-likeness (QED) is 0.726. The minimum atomic E-state index is -0.102. The lowest BCUT2D eigenvalue weighted by molar-refractivity contribution is 0.438. The first-order chi connectivity index (χ1) is 10.4. The Bertz CT molecular complexity index is 662. The van der Waals surface area contributed by atoms with E-state index in [1.54, 1.807) is 12.3 Å². The molecule has 1 unspecified atom stereocenters. The highest BCUT2D eigenvalue weighted by atomic mass is 16.4. The molecule has 0 aliphatic carbocycles. The molecule has 2 heterocycles. The Balaban J connectivity index is 1.90. The molecule has 6 nitrogen and oxygen atoms in total. The minimum absolute atomic E-state index is 0.102. The molecule has 108 valence electrons. The van der Waals surface area contributed by atoms with Gasteiger partial charge in [-0.15, -0.1) is 10.2 Å². The van der Waals surface area contributed by atoms with Crippen molar-refractivity contribution < 1.29 is 4.42 Å². The zero-order chi connectivity index (χ0) is 14.5. The normalized spacial score (nSPS) is 12.4. The van der Waals surface area contributed by atoms with Gasteiger partial charge in [-0.2, -0.15) is 5.10 Å². The molecule has 0 spiro atoms. The number of nitrogens with one attached hydrogen (secondary N) is 2. The van der Waals surface area contributed by atoms with E-state index in [-0.39, 0.29) is 6.04 Å². The molecule has 2 N–H and O–H groups in total. The molecule has 0 amide bonds. The highest BCUT2D eigenvalue weighted by Crippen LogP contribution is 2.23. The maximum absolute atomic E-state index is 5.79. The van der Waals surface area contributed by atoms with Crippen molar-refractivity contribution in [2.45, 2.75) is 19.4 Å². The summed E-state index contributed by atoms with van der Waals surface area (Å²) in [5, 5.41) is 18.4. The Morgan fingerprint density at radius 1 is 1.19 bits per heavy atom.